The number of unbranched alkanes of at least 4 members (excludes halogenated alkanes) is 1. The molecule has 2 unspecified atom stereocenters. The summed E-state index contributed by atoms with van der Waals surface area (Å²) in [5.41, 5.74) is 0. The topological polar surface area (TPSA) is 9.23 Å². The largest absolute Gasteiger partial charge is 0.436 e. The fraction of sp³-hybridized carbons (Fsp3) is 1.00. The molecule has 0 N–H and O–H groups in total. The number of hydrogen-bond acceptors (Lipinski definition) is 1. The highest BCUT2D eigenvalue weighted by molar-refractivity contribution is 6.52. The van der Waals surface area contributed by atoms with Crippen molar-refractivity contribution in [3.05, 3.63) is 0 Å². The van der Waals surface area contributed by atoms with Crippen molar-refractivity contribution in [1.29, 1.82) is 0 Å². The van der Waals surface area contributed by atoms with Crippen LogP contribution in [0.4, 0.5) is 0 Å². The van der Waals surface area contributed by atoms with E-state index in [1.165, 1.54) is 44.7 Å². The van der Waals surface area contributed by atoms with E-state index in [9.17, 15) is 0 Å². The fourth-order valence-corrected chi connectivity index (χ4v) is 3.65. The van der Waals surface area contributed by atoms with Crippen molar-refractivity contribution in [1.82, 2.24) is 0 Å². The van der Waals surface area contributed by atoms with E-state index >= 15 is 0 Å². The van der Waals surface area contributed by atoms with Gasteiger partial charge in [-0.1, -0.05) is 20.3 Å². The molecular weight excluding hydrogens is 183 g/mol. The zero-order valence-corrected chi connectivity index (χ0v) is 10.4. The molecule has 1 saturated carbocycles. The van der Waals surface area contributed by atoms with Gasteiger partial charge in [-0.2, -0.15) is 0 Å². The Morgan fingerprint density at radius 2 is 1.80 bits per heavy atom. The maximum absolute atomic E-state index is 5.99. The van der Waals surface area contributed by atoms with Crippen molar-refractivity contribution in [2.24, 2.45) is 17.8 Å². The Hall–Kier alpha value is 0.0249. The van der Waals surface area contributed by atoms with Crippen LogP contribution in [-0.2, 0) is 4.65 Å². The number of fused-ring (bicyclic) bond motifs is 2. The molecular formula is C13H25BO. The average Bonchev–Trinajstić information content (AvgIpc) is 2.16. The van der Waals surface area contributed by atoms with Crippen LogP contribution in [0.2, 0.25) is 12.6 Å². The minimum Gasteiger partial charge on any atom is -0.436 e. The second-order valence-corrected chi connectivity index (χ2v) is 5.86. The fourth-order valence-electron chi connectivity index (χ4n) is 3.65. The summed E-state index contributed by atoms with van der Waals surface area (Å²) in [5, 5.41) is 0. The predicted molar refractivity (Wildman–Crippen MR) is 66.2 cm³/mol. The minimum absolute atomic E-state index is 0.604. The number of hydrogen-bond donors (Lipinski definition) is 0. The van der Waals surface area contributed by atoms with Gasteiger partial charge in [-0.05, 0) is 56.1 Å². The number of rotatable bonds is 4. The molecule has 0 spiro atoms. The summed E-state index contributed by atoms with van der Waals surface area (Å²) in [7, 11) is 0. The Morgan fingerprint density at radius 1 is 1.13 bits per heavy atom. The van der Waals surface area contributed by atoms with E-state index in [0.717, 1.165) is 24.4 Å². The van der Waals surface area contributed by atoms with Crippen LogP contribution in [-0.4, -0.2) is 13.5 Å². The maximum Gasteiger partial charge on any atom is 0.293 e. The summed E-state index contributed by atoms with van der Waals surface area (Å²) < 4.78 is 5.99. The molecule has 0 aromatic heterocycles. The molecule has 0 aromatic carbocycles. The van der Waals surface area contributed by atoms with Crippen molar-refractivity contribution in [3.8, 4) is 0 Å². The molecule has 2 aliphatic rings. The third-order valence-electron chi connectivity index (χ3n) is 4.18. The normalized spacial score (nSPS) is 35.6. The first-order valence-corrected chi connectivity index (χ1v) is 6.89. The first-order valence-electron chi connectivity index (χ1n) is 6.89. The van der Waals surface area contributed by atoms with E-state index in [0.29, 0.717) is 6.92 Å². The van der Waals surface area contributed by atoms with Gasteiger partial charge in [0.15, 0.2) is 0 Å². The molecule has 2 heteroatoms. The van der Waals surface area contributed by atoms with Gasteiger partial charge in [0.25, 0.3) is 6.92 Å². The third kappa shape index (κ3) is 3.24. The Bertz CT molecular complexity index is 177. The molecule has 1 heterocycles. The Labute approximate surface area is 95.1 Å². The standard InChI is InChI=1S/C13H25BO/c1-3-4-5-15-14-9-12-6-11(2)7-13(8-12)10-14/h11-13H,3-10H2,1-2H3. The van der Waals surface area contributed by atoms with Crippen LogP contribution in [0.3, 0.4) is 0 Å². The van der Waals surface area contributed by atoms with Crippen molar-refractivity contribution in [2.75, 3.05) is 6.61 Å². The molecule has 0 amide bonds. The van der Waals surface area contributed by atoms with Gasteiger partial charge in [0, 0.05) is 6.61 Å². The van der Waals surface area contributed by atoms with Gasteiger partial charge in [0.05, 0.1) is 0 Å². The van der Waals surface area contributed by atoms with Crippen LogP contribution in [0.1, 0.15) is 46.0 Å². The Kier molecular flexibility index (Phi) is 4.13. The minimum atomic E-state index is 0.604. The highest BCUT2D eigenvalue weighted by atomic mass is 16.4. The Morgan fingerprint density at radius 3 is 2.40 bits per heavy atom. The van der Waals surface area contributed by atoms with Gasteiger partial charge in [-0.25, -0.2) is 0 Å². The molecule has 2 atom stereocenters. The van der Waals surface area contributed by atoms with Gasteiger partial charge < -0.3 is 4.65 Å². The molecule has 2 rings (SSSR count). The highest BCUT2D eigenvalue weighted by Gasteiger charge is 2.37. The second kappa shape index (κ2) is 5.38. The molecule has 15 heavy (non-hydrogen) atoms. The first-order chi connectivity index (χ1) is 7.28. The van der Waals surface area contributed by atoms with E-state index in [1.54, 1.807) is 0 Å². The van der Waals surface area contributed by atoms with Crippen molar-refractivity contribution >= 4 is 6.92 Å². The Balaban J connectivity index is 1.75. The maximum atomic E-state index is 5.99. The van der Waals surface area contributed by atoms with E-state index in [4.69, 9.17) is 4.65 Å². The summed E-state index contributed by atoms with van der Waals surface area (Å²) in [5.74, 6) is 2.95. The van der Waals surface area contributed by atoms with Crippen molar-refractivity contribution in [3.63, 3.8) is 0 Å². The quantitative estimate of drug-likeness (QED) is 0.503. The zero-order chi connectivity index (χ0) is 10.7. The van der Waals surface area contributed by atoms with E-state index in [1.807, 2.05) is 0 Å². The van der Waals surface area contributed by atoms with Crippen LogP contribution >= 0.6 is 0 Å². The summed E-state index contributed by atoms with van der Waals surface area (Å²) in [6, 6.07) is 0. The molecule has 1 aliphatic carbocycles. The molecule has 2 bridgehead atoms. The lowest BCUT2D eigenvalue weighted by molar-refractivity contribution is 0.194. The van der Waals surface area contributed by atoms with Gasteiger partial charge in [0.1, 0.15) is 0 Å². The third-order valence-corrected chi connectivity index (χ3v) is 4.18. The second-order valence-electron chi connectivity index (χ2n) is 5.86. The van der Waals surface area contributed by atoms with Gasteiger partial charge in [-0.15, -0.1) is 0 Å². The van der Waals surface area contributed by atoms with Crippen molar-refractivity contribution < 1.29 is 4.65 Å². The SMILES string of the molecule is CCCCOB1CC2CC(C)CC(C1)C2. The van der Waals surface area contributed by atoms with Crippen LogP contribution in [0.5, 0.6) is 0 Å². The van der Waals surface area contributed by atoms with Crippen LogP contribution in [0.25, 0.3) is 0 Å². The monoisotopic (exact) mass is 208 g/mol. The summed E-state index contributed by atoms with van der Waals surface area (Å²) >= 11 is 0. The first kappa shape index (κ1) is 11.5. The molecule has 1 aliphatic heterocycles. The molecule has 2 fully saturated rings. The average molecular weight is 208 g/mol. The van der Waals surface area contributed by atoms with E-state index in [-0.39, 0.29) is 0 Å². The molecule has 86 valence electrons. The van der Waals surface area contributed by atoms with Crippen LogP contribution in [0, 0.1) is 17.8 Å². The zero-order valence-electron chi connectivity index (χ0n) is 10.4. The summed E-state index contributed by atoms with van der Waals surface area (Å²) in [4.78, 5) is 0. The molecule has 1 saturated heterocycles. The van der Waals surface area contributed by atoms with Crippen LogP contribution in [0.15, 0.2) is 0 Å². The van der Waals surface area contributed by atoms with E-state index in [2.05, 4.69) is 13.8 Å². The molecule has 0 aromatic rings. The molecule has 1 nitrogen and oxygen atoms in total. The smallest absolute Gasteiger partial charge is 0.293 e. The molecule has 0 radical (unpaired) electrons. The van der Waals surface area contributed by atoms with Crippen LogP contribution < -0.4 is 0 Å². The lowest BCUT2D eigenvalue weighted by Crippen LogP contribution is -2.36. The van der Waals surface area contributed by atoms with E-state index < -0.39 is 0 Å². The lowest BCUT2D eigenvalue weighted by atomic mass is 9.46. The summed E-state index contributed by atoms with van der Waals surface area (Å²) in [6.45, 7) is 6.27. The highest BCUT2D eigenvalue weighted by Crippen LogP contribution is 2.43. The lowest BCUT2D eigenvalue weighted by Gasteiger charge is -2.40. The summed E-state index contributed by atoms with van der Waals surface area (Å²) in [6.07, 6.45) is 9.63. The van der Waals surface area contributed by atoms with Gasteiger partial charge >= 0.3 is 0 Å². The van der Waals surface area contributed by atoms with Gasteiger partial charge in [-0.3, -0.25) is 0 Å². The van der Waals surface area contributed by atoms with Gasteiger partial charge in [0.2, 0.25) is 0 Å². The van der Waals surface area contributed by atoms with Crippen molar-refractivity contribution in [2.45, 2.75) is 58.6 Å². The predicted octanol–water partition coefficient (Wildman–Crippen LogP) is 3.86.